The maximum atomic E-state index is 14.0. The number of anilines is 1. The number of nitrogens with zero attached hydrogens (tertiary/aromatic N) is 1. The summed E-state index contributed by atoms with van der Waals surface area (Å²) in [4.78, 5) is 18.6. The van der Waals surface area contributed by atoms with Crippen molar-refractivity contribution in [1.82, 2.24) is 4.98 Å². The lowest BCUT2D eigenvalue weighted by atomic mass is 9.71. The second-order valence-electron chi connectivity index (χ2n) is 9.43. The molecule has 1 aromatic heterocycles. The molecule has 6 heteroatoms. The molecule has 0 amide bonds. The highest BCUT2D eigenvalue weighted by atomic mass is 16.5. The second kappa shape index (κ2) is 9.28. The molecule has 0 saturated carbocycles. The topological polar surface area (TPSA) is 69.7 Å². The van der Waals surface area contributed by atoms with Crippen molar-refractivity contribution in [1.29, 1.82) is 0 Å². The van der Waals surface area contributed by atoms with Crippen molar-refractivity contribution >= 4 is 27.9 Å². The van der Waals surface area contributed by atoms with E-state index in [1.807, 2.05) is 42.5 Å². The highest BCUT2D eigenvalue weighted by molar-refractivity contribution is 6.12. The molecule has 6 nitrogen and oxygen atoms in total. The third-order valence-electron chi connectivity index (χ3n) is 7.47. The predicted octanol–water partition coefficient (Wildman–Crippen LogP) is 6.33. The number of fused-ring (bicyclic) bond motifs is 4. The Hall–Kier alpha value is -4.32. The molecule has 1 N–H and O–H groups in total. The first-order valence-corrected chi connectivity index (χ1v) is 12.4. The zero-order valence-electron chi connectivity index (χ0n) is 21.1. The highest BCUT2D eigenvalue weighted by Crippen LogP contribution is 2.52. The van der Waals surface area contributed by atoms with Crippen LogP contribution in [0.15, 0.2) is 78.5 Å². The minimum atomic E-state index is -0.352. The van der Waals surface area contributed by atoms with Gasteiger partial charge in [-0.15, -0.1) is 0 Å². The van der Waals surface area contributed by atoms with Crippen LogP contribution in [0.25, 0.3) is 16.5 Å². The van der Waals surface area contributed by atoms with Crippen molar-refractivity contribution in [3.63, 3.8) is 0 Å². The van der Waals surface area contributed by atoms with E-state index in [0.717, 1.165) is 45.3 Å². The summed E-state index contributed by atoms with van der Waals surface area (Å²) in [7, 11) is 4.79. The number of benzene rings is 3. The van der Waals surface area contributed by atoms with E-state index in [9.17, 15) is 4.79 Å². The van der Waals surface area contributed by atoms with Gasteiger partial charge in [-0.1, -0.05) is 36.4 Å². The van der Waals surface area contributed by atoms with Gasteiger partial charge in [-0.05, 0) is 59.4 Å². The highest BCUT2D eigenvalue weighted by Gasteiger charge is 2.39. The number of allylic oxidation sites excluding steroid dienone is 1. The SMILES string of the molecule is COc1cc([C@H]2Nc3ccc4ncccc4c3C3=C2C(=O)C[C@@H](c2ccccc2)C3)cc(OC)c1OC. The molecule has 1 aliphatic carbocycles. The van der Waals surface area contributed by atoms with Crippen LogP contribution in [-0.2, 0) is 4.79 Å². The fourth-order valence-electron chi connectivity index (χ4n) is 5.81. The average Bonchev–Trinajstić information content (AvgIpc) is 2.95. The van der Waals surface area contributed by atoms with Crippen LogP contribution in [0, 0.1) is 0 Å². The van der Waals surface area contributed by atoms with Gasteiger partial charge in [-0.3, -0.25) is 9.78 Å². The summed E-state index contributed by atoms with van der Waals surface area (Å²) in [6, 6.07) is 22.0. The lowest BCUT2D eigenvalue weighted by molar-refractivity contribution is -0.116. The van der Waals surface area contributed by atoms with Gasteiger partial charge in [0.1, 0.15) is 0 Å². The van der Waals surface area contributed by atoms with Crippen molar-refractivity contribution in [3.8, 4) is 17.2 Å². The number of carbonyl (C=O) groups is 1. The molecule has 1 aliphatic heterocycles. The van der Waals surface area contributed by atoms with E-state index in [2.05, 4.69) is 34.6 Å². The minimum Gasteiger partial charge on any atom is -0.493 e. The van der Waals surface area contributed by atoms with Crippen LogP contribution < -0.4 is 19.5 Å². The number of ether oxygens (including phenoxy) is 3. The lowest BCUT2D eigenvalue weighted by Gasteiger charge is -2.37. The van der Waals surface area contributed by atoms with Crippen molar-refractivity contribution in [2.24, 2.45) is 0 Å². The standard InChI is InChI=1S/C31H28N2O4/c1-35-26-16-20(17-27(36-2)31(26)37-3)30-29-22(14-19(15-25(29)34)18-8-5-4-6-9-18)28-21-10-7-13-32-23(21)11-12-24(28)33-30/h4-13,16-17,19,30,33H,14-15H2,1-3H3/t19-,30+/m0/s1. The van der Waals surface area contributed by atoms with Gasteiger partial charge in [0.15, 0.2) is 17.3 Å². The normalized spacial score (nSPS) is 18.6. The van der Waals surface area contributed by atoms with Gasteiger partial charge < -0.3 is 19.5 Å². The van der Waals surface area contributed by atoms with Crippen molar-refractivity contribution in [2.45, 2.75) is 24.8 Å². The number of carbonyl (C=O) groups excluding carboxylic acids is 1. The number of hydrogen-bond donors (Lipinski definition) is 1. The van der Waals surface area contributed by atoms with Crippen molar-refractivity contribution < 1.29 is 19.0 Å². The Labute approximate surface area is 215 Å². The van der Waals surface area contributed by atoms with Gasteiger partial charge in [-0.2, -0.15) is 0 Å². The zero-order chi connectivity index (χ0) is 25.5. The number of Topliss-reactive ketones (excluding diaryl/α,β-unsaturated/α-hetero) is 1. The summed E-state index contributed by atoms with van der Waals surface area (Å²) in [6.07, 6.45) is 3.04. The minimum absolute atomic E-state index is 0.117. The Balaban J connectivity index is 1.58. The lowest BCUT2D eigenvalue weighted by Crippen LogP contribution is -2.29. The number of methoxy groups -OCH3 is 3. The molecule has 3 aromatic carbocycles. The monoisotopic (exact) mass is 492 g/mol. The number of hydrogen-bond acceptors (Lipinski definition) is 6. The molecule has 4 aromatic rings. The van der Waals surface area contributed by atoms with Crippen LogP contribution in [0.4, 0.5) is 5.69 Å². The Bertz CT molecular complexity index is 1520. The van der Waals surface area contributed by atoms with E-state index in [0.29, 0.717) is 23.7 Å². The predicted molar refractivity (Wildman–Crippen MR) is 145 cm³/mol. The maximum absolute atomic E-state index is 14.0. The summed E-state index contributed by atoms with van der Waals surface area (Å²) in [6.45, 7) is 0. The van der Waals surface area contributed by atoms with Crippen molar-refractivity contribution in [3.05, 3.63) is 95.2 Å². The van der Waals surface area contributed by atoms with E-state index in [-0.39, 0.29) is 17.7 Å². The smallest absolute Gasteiger partial charge is 0.203 e. The maximum Gasteiger partial charge on any atom is 0.203 e. The van der Waals surface area contributed by atoms with Gasteiger partial charge in [0.05, 0.1) is 32.9 Å². The second-order valence-corrected chi connectivity index (χ2v) is 9.43. The third-order valence-corrected chi connectivity index (χ3v) is 7.47. The Kier molecular flexibility index (Phi) is 5.80. The molecule has 0 bridgehead atoms. The molecule has 2 heterocycles. The van der Waals surface area contributed by atoms with Gasteiger partial charge >= 0.3 is 0 Å². The molecule has 0 saturated heterocycles. The average molecular weight is 493 g/mol. The van der Waals surface area contributed by atoms with Crippen LogP contribution >= 0.6 is 0 Å². The number of aromatic nitrogens is 1. The largest absolute Gasteiger partial charge is 0.493 e. The first kappa shape index (κ1) is 23.1. The fraction of sp³-hybridized carbons (Fsp3) is 0.226. The first-order valence-electron chi connectivity index (χ1n) is 12.4. The zero-order valence-corrected chi connectivity index (χ0v) is 21.1. The van der Waals surface area contributed by atoms with Crippen LogP contribution in [0.2, 0.25) is 0 Å². The first-order chi connectivity index (χ1) is 18.1. The van der Waals surface area contributed by atoms with E-state index >= 15 is 0 Å². The van der Waals surface area contributed by atoms with E-state index in [1.54, 1.807) is 27.5 Å². The molecule has 0 fully saturated rings. The quantitative estimate of drug-likeness (QED) is 0.351. The molecule has 2 atom stereocenters. The Morgan fingerprint density at radius 2 is 1.59 bits per heavy atom. The molecule has 0 radical (unpaired) electrons. The van der Waals surface area contributed by atoms with Crippen LogP contribution in [0.1, 0.15) is 41.5 Å². The van der Waals surface area contributed by atoms with Gasteiger partial charge in [0, 0.05) is 34.8 Å². The summed E-state index contributed by atoms with van der Waals surface area (Å²) < 4.78 is 16.8. The van der Waals surface area contributed by atoms with E-state index < -0.39 is 0 Å². The Morgan fingerprint density at radius 3 is 2.30 bits per heavy atom. The van der Waals surface area contributed by atoms with Gasteiger partial charge in [0.25, 0.3) is 0 Å². The van der Waals surface area contributed by atoms with E-state index in [4.69, 9.17) is 14.2 Å². The number of nitrogens with one attached hydrogen (secondary N) is 1. The molecule has 0 spiro atoms. The molecule has 2 aliphatic rings. The Morgan fingerprint density at radius 1 is 0.838 bits per heavy atom. The molecular weight excluding hydrogens is 464 g/mol. The molecule has 37 heavy (non-hydrogen) atoms. The number of pyridine rings is 1. The van der Waals surface area contributed by atoms with E-state index in [1.165, 1.54) is 5.56 Å². The summed E-state index contributed by atoms with van der Waals surface area (Å²) in [5.41, 5.74) is 6.91. The number of rotatable bonds is 5. The summed E-state index contributed by atoms with van der Waals surface area (Å²) in [5, 5.41) is 4.72. The third kappa shape index (κ3) is 3.80. The van der Waals surface area contributed by atoms with Gasteiger partial charge in [-0.25, -0.2) is 0 Å². The summed E-state index contributed by atoms with van der Waals surface area (Å²) in [5.74, 6) is 1.90. The van der Waals surface area contributed by atoms with Gasteiger partial charge in [0.2, 0.25) is 5.75 Å². The molecule has 0 unspecified atom stereocenters. The van der Waals surface area contributed by atoms with Crippen LogP contribution in [0.3, 0.4) is 0 Å². The van der Waals surface area contributed by atoms with Crippen LogP contribution in [-0.4, -0.2) is 32.1 Å². The van der Waals surface area contributed by atoms with Crippen LogP contribution in [0.5, 0.6) is 17.2 Å². The molecule has 186 valence electrons. The number of ketones is 1. The molecular formula is C31H28N2O4. The fourth-order valence-corrected chi connectivity index (χ4v) is 5.81. The van der Waals surface area contributed by atoms with Crippen molar-refractivity contribution in [2.75, 3.05) is 26.6 Å². The summed E-state index contributed by atoms with van der Waals surface area (Å²) >= 11 is 0. The molecule has 6 rings (SSSR count).